The minimum Gasteiger partial charge on any atom is -0.308 e. The van der Waals surface area contributed by atoms with Gasteiger partial charge < -0.3 is 10.6 Å². The van der Waals surface area contributed by atoms with Gasteiger partial charge in [0.15, 0.2) is 11.6 Å². The zero-order valence-electron chi connectivity index (χ0n) is 9.88. The smallest absolute Gasteiger partial charge is 0.308 e. The van der Waals surface area contributed by atoms with Gasteiger partial charge in [0.25, 0.3) is 0 Å². The van der Waals surface area contributed by atoms with Crippen LogP contribution in [0, 0.1) is 11.6 Å². The summed E-state index contributed by atoms with van der Waals surface area (Å²) in [5.41, 5.74) is 0.522. The Bertz CT molecular complexity index is 667. The molecule has 0 fully saturated rings. The number of halogens is 4. The monoisotopic (exact) mass is 360 g/mol. The van der Waals surface area contributed by atoms with Crippen molar-refractivity contribution >= 4 is 44.9 Å². The van der Waals surface area contributed by atoms with Crippen LogP contribution < -0.4 is 10.6 Å². The molecule has 0 aliphatic heterocycles. The van der Waals surface area contributed by atoms with Crippen molar-refractivity contribution < 1.29 is 13.6 Å². The molecular formula is C13H8BrClF2N2O. The van der Waals surface area contributed by atoms with Crippen LogP contribution >= 0.6 is 27.5 Å². The van der Waals surface area contributed by atoms with E-state index >= 15 is 0 Å². The fraction of sp³-hybridized carbons (Fsp3) is 0. The van der Waals surface area contributed by atoms with Crippen molar-refractivity contribution in [2.45, 2.75) is 0 Å². The lowest BCUT2D eigenvalue weighted by Crippen LogP contribution is -2.19. The minimum absolute atomic E-state index is 0.0157. The molecule has 0 saturated heterocycles. The van der Waals surface area contributed by atoms with E-state index in [4.69, 9.17) is 11.6 Å². The maximum absolute atomic E-state index is 13.1. The van der Waals surface area contributed by atoms with E-state index in [2.05, 4.69) is 26.6 Å². The maximum Gasteiger partial charge on any atom is 0.323 e. The van der Waals surface area contributed by atoms with Crippen LogP contribution in [-0.4, -0.2) is 6.03 Å². The number of urea groups is 1. The summed E-state index contributed by atoms with van der Waals surface area (Å²) in [5.74, 6) is -2.17. The molecule has 0 aliphatic rings. The fourth-order valence-electron chi connectivity index (χ4n) is 1.47. The van der Waals surface area contributed by atoms with E-state index in [9.17, 15) is 13.6 Å². The van der Waals surface area contributed by atoms with Crippen LogP contribution in [0.5, 0.6) is 0 Å². The lowest BCUT2D eigenvalue weighted by molar-refractivity contribution is 0.262. The molecule has 104 valence electrons. The summed E-state index contributed by atoms with van der Waals surface area (Å²) >= 11 is 8.98. The molecule has 0 aromatic heterocycles. The number of amides is 2. The van der Waals surface area contributed by atoms with Crippen LogP contribution in [0.1, 0.15) is 0 Å². The Morgan fingerprint density at radius 2 is 1.80 bits per heavy atom. The van der Waals surface area contributed by atoms with Gasteiger partial charge in [-0.2, -0.15) is 0 Å². The van der Waals surface area contributed by atoms with Gasteiger partial charge in [-0.25, -0.2) is 13.6 Å². The van der Waals surface area contributed by atoms with Gasteiger partial charge in [-0.3, -0.25) is 0 Å². The van der Waals surface area contributed by atoms with Gasteiger partial charge in [0.05, 0.1) is 10.7 Å². The Hall–Kier alpha value is -1.66. The van der Waals surface area contributed by atoms with Gasteiger partial charge in [0, 0.05) is 16.2 Å². The van der Waals surface area contributed by atoms with E-state index in [0.717, 1.165) is 16.6 Å². The standard InChI is InChI=1S/C13H8BrClF2N2O/c14-7-2-1-3-8(4-7)18-13(20)19-12-6-11(17)10(16)5-9(12)15/h1-6H,(H2,18,19,20). The average Bonchev–Trinajstić information content (AvgIpc) is 2.36. The molecule has 0 spiro atoms. The number of rotatable bonds is 2. The third kappa shape index (κ3) is 3.68. The van der Waals surface area contributed by atoms with Crippen LogP contribution in [-0.2, 0) is 0 Å². The van der Waals surface area contributed by atoms with E-state index in [1.54, 1.807) is 24.3 Å². The Morgan fingerprint density at radius 1 is 1.10 bits per heavy atom. The van der Waals surface area contributed by atoms with Crippen LogP contribution in [0.3, 0.4) is 0 Å². The van der Waals surface area contributed by atoms with Gasteiger partial charge in [-0.15, -0.1) is 0 Å². The van der Waals surface area contributed by atoms with Crippen molar-refractivity contribution in [1.82, 2.24) is 0 Å². The summed E-state index contributed by atoms with van der Waals surface area (Å²) in [6, 6.07) is 7.91. The molecule has 20 heavy (non-hydrogen) atoms. The molecule has 0 radical (unpaired) electrons. The molecule has 0 saturated carbocycles. The number of hydrogen-bond donors (Lipinski definition) is 2. The van der Waals surface area contributed by atoms with Gasteiger partial charge in [-0.1, -0.05) is 33.6 Å². The lowest BCUT2D eigenvalue weighted by atomic mass is 10.3. The highest BCUT2D eigenvalue weighted by Gasteiger charge is 2.11. The lowest BCUT2D eigenvalue weighted by Gasteiger charge is -2.09. The van der Waals surface area contributed by atoms with Crippen molar-refractivity contribution in [3.05, 3.63) is 57.5 Å². The second-order valence-corrected chi connectivity index (χ2v) is 5.16. The molecule has 0 aliphatic carbocycles. The molecule has 0 heterocycles. The molecule has 0 unspecified atom stereocenters. The number of carbonyl (C=O) groups excluding carboxylic acids is 1. The fourth-order valence-corrected chi connectivity index (χ4v) is 2.07. The Labute approximate surface area is 127 Å². The number of anilines is 2. The molecule has 7 heteroatoms. The molecule has 2 aromatic rings. The van der Waals surface area contributed by atoms with Gasteiger partial charge in [0.1, 0.15) is 0 Å². The van der Waals surface area contributed by atoms with E-state index in [1.165, 1.54) is 0 Å². The van der Waals surface area contributed by atoms with Crippen LogP contribution in [0.15, 0.2) is 40.9 Å². The first-order valence-electron chi connectivity index (χ1n) is 5.44. The van der Waals surface area contributed by atoms with Gasteiger partial charge in [-0.05, 0) is 24.3 Å². The topological polar surface area (TPSA) is 41.1 Å². The molecule has 2 aromatic carbocycles. The van der Waals surface area contributed by atoms with E-state index in [0.29, 0.717) is 5.69 Å². The average molecular weight is 362 g/mol. The molecule has 2 amide bonds. The first-order valence-corrected chi connectivity index (χ1v) is 6.61. The SMILES string of the molecule is O=C(Nc1cccc(Br)c1)Nc1cc(F)c(F)cc1Cl. The maximum atomic E-state index is 13.1. The van der Waals surface area contributed by atoms with Gasteiger partial charge >= 0.3 is 6.03 Å². The molecule has 2 N–H and O–H groups in total. The minimum atomic E-state index is -1.09. The molecule has 0 bridgehead atoms. The van der Waals surface area contributed by atoms with Crippen molar-refractivity contribution in [2.75, 3.05) is 10.6 Å². The summed E-state index contributed by atoms with van der Waals surface area (Å²) < 4.78 is 26.8. The number of benzene rings is 2. The van der Waals surface area contributed by atoms with Crippen molar-refractivity contribution in [1.29, 1.82) is 0 Å². The zero-order chi connectivity index (χ0) is 14.7. The third-order valence-electron chi connectivity index (χ3n) is 2.34. The predicted octanol–water partition coefficient (Wildman–Crippen LogP) is 5.02. The van der Waals surface area contributed by atoms with Crippen LogP contribution in [0.25, 0.3) is 0 Å². The quantitative estimate of drug-likeness (QED) is 0.724. The second-order valence-electron chi connectivity index (χ2n) is 3.84. The Kier molecular flexibility index (Phi) is 4.57. The Balaban J connectivity index is 2.10. The molecule has 3 nitrogen and oxygen atoms in total. The Morgan fingerprint density at radius 3 is 2.50 bits per heavy atom. The summed E-state index contributed by atoms with van der Waals surface area (Å²) in [6.45, 7) is 0. The first kappa shape index (κ1) is 14.7. The highest BCUT2D eigenvalue weighted by Crippen LogP contribution is 2.25. The largest absolute Gasteiger partial charge is 0.323 e. The van der Waals surface area contributed by atoms with Crippen molar-refractivity contribution in [3.63, 3.8) is 0 Å². The van der Waals surface area contributed by atoms with Crippen molar-refractivity contribution in [3.8, 4) is 0 Å². The molecular weight excluding hydrogens is 354 g/mol. The summed E-state index contributed by atoms with van der Waals surface area (Å²) in [7, 11) is 0. The number of carbonyl (C=O) groups is 1. The highest BCUT2D eigenvalue weighted by atomic mass is 79.9. The van der Waals surface area contributed by atoms with Crippen LogP contribution in [0.4, 0.5) is 25.0 Å². The number of nitrogens with one attached hydrogen (secondary N) is 2. The van der Waals surface area contributed by atoms with Crippen molar-refractivity contribution in [2.24, 2.45) is 0 Å². The predicted molar refractivity (Wildman–Crippen MR) is 78.2 cm³/mol. The summed E-state index contributed by atoms with van der Waals surface area (Å²) in [4.78, 5) is 11.7. The van der Waals surface area contributed by atoms with E-state index < -0.39 is 17.7 Å². The third-order valence-corrected chi connectivity index (χ3v) is 3.15. The van der Waals surface area contributed by atoms with E-state index in [-0.39, 0.29) is 10.7 Å². The number of hydrogen-bond acceptors (Lipinski definition) is 1. The van der Waals surface area contributed by atoms with E-state index in [1.807, 2.05) is 0 Å². The highest BCUT2D eigenvalue weighted by molar-refractivity contribution is 9.10. The van der Waals surface area contributed by atoms with Crippen LogP contribution in [0.2, 0.25) is 5.02 Å². The molecule has 2 rings (SSSR count). The zero-order valence-corrected chi connectivity index (χ0v) is 12.2. The summed E-state index contributed by atoms with van der Waals surface area (Å²) in [5, 5.41) is 4.79. The van der Waals surface area contributed by atoms with Gasteiger partial charge in [0.2, 0.25) is 0 Å². The second kappa shape index (κ2) is 6.19. The first-order chi connectivity index (χ1) is 9.45. The normalized spacial score (nSPS) is 10.2. The molecule has 0 atom stereocenters. The summed E-state index contributed by atoms with van der Waals surface area (Å²) in [6.07, 6.45) is 0.